The molecule has 0 saturated heterocycles. The molecule has 6 heteroatoms. The maximum Gasteiger partial charge on any atom is 0.225 e. The maximum absolute atomic E-state index is 10.0. The molecule has 2 heterocycles. The Labute approximate surface area is 108 Å². The third-order valence-corrected chi connectivity index (χ3v) is 4.14. The van der Waals surface area contributed by atoms with Gasteiger partial charge in [0.2, 0.25) is 5.28 Å². The Bertz CT molecular complexity index is 553. The van der Waals surface area contributed by atoms with Gasteiger partial charge in [0, 0.05) is 6.54 Å². The highest BCUT2D eigenvalue weighted by atomic mass is 35.5. The number of hydrogen-bond donors (Lipinski definition) is 2. The molecule has 2 aromatic heterocycles. The number of halogens is 1. The molecule has 1 aliphatic carbocycles. The lowest BCUT2D eigenvalue weighted by Crippen LogP contribution is -2.43. The van der Waals surface area contributed by atoms with Crippen LogP contribution in [0.5, 0.6) is 0 Å². The first-order valence-electron chi connectivity index (χ1n) is 5.53. The van der Waals surface area contributed by atoms with E-state index in [1.165, 1.54) is 11.3 Å². The van der Waals surface area contributed by atoms with E-state index in [0.29, 0.717) is 12.4 Å². The van der Waals surface area contributed by atoms with Crippen molar-refractivity contribution in [3.8, 4) is 0 Å². The Balaban J connectivity index is 1.86. The molecule has 0 aliphatic heterocycles. The zero-order valence-electron chi connectivity index (χ0n) is 9.11. The van der Waals surface area contributed by atoms with E-state index in [0.717, 1.165) is 29.5 Å². The van der Waals surface area contributed by atoms with Crippen molar-refractivity contribution < 1.29 is 5.11 Å². The molecular weight excluding hydrogens is 258 g/mol. The second-order valence-corrected chi connectivity index (χ2v) is 5.64. The van der Waals surface area contributed by atoms with E-state index in [-0.39, 0.29) is 5.28 Å². The summed E-state index contributed by atoms with van der Waals surface area (Å²) in [5, 5.41) is 16.4. The van der Waals surface area contributed by atoms with E-state index in [1.807, 2.05) is 11.4 Å². The van der Waals surface area contributed by atoms with Crippen LogP contribution in [0.15, 0.2) is 11.4 Å². The fraction of sp³-hybridized carbons (Fsp3) is 0.455. The molecule has 1 saturated carbocycles. The summed E-state index contributed by atoms with van der Waals surface area (Å²) in [5.74, 6) is 0.710. The van der Waals surface area contributed by atoms with Crippen LogP contribution >= 0.6 is 22.9 Å². The summed E-state index contributed by atoms with van der Waals surface area (Å²) in [7, 11) is 0. The average molecular weight is 270 g/mol. The Morgan fingerprint density at radius 2 is 2.29 bits per heavy atom. The number of nitrogens with zero attached hydrogens (tertiary/aromatic N) is 2. The summed E-state index contributed by atoms with van der Waals surface area (Å²) in [6.45, 7) is 0.519. The van der Waals surface area contributed by atoms with Crippen LogP contribution < -0.4 is 5.32 Å². The number of hydrogen-bond acceptors (Lipinski definition) is 5. The topological polar surface area (TPSA) is 58.0 Å². The molecule has 1 fully saturated rings. The third-order valence-electron chi connectivity index (χ3n) is 3.17. The molecule has 0 aromatic carbocycles. The van der Waals surface area contributed by atoms with Gasteiger partial charge in [-0.05, 0) is 42.3 Å². The number of fused-ring (bicyclic) bond motifs is 1. The van der Waals surface area contributed by atoms with Crippen LogP contribution in [0.3, 0.4) is 0 Å². The fourth-order valence-corrected chi connectivity index (χ4v) is 2.96. The minimum Gasteiger partial charge on any atom is -0.388 e. The van der Waals surface area contributed by atoms with Crippen LogP contribution in [0, 0.1) is 0 Å². The molecule has 0 bridgehead atoms. The average Bonchev–Trinajstić information content (AvgIpc) is 2.71. The van der Waals surface area contributed by atoms with E-state index in [4.69, 9.17) is 11.6 Å². The monoisotopic (exact) mass is 269 g/mol. The maximum atomic E-state index is 10.0. The van der Waals surface area contributed by atoms with Gasteiger partial charge in [-0.25, -0.2) is 9.97 Å². The number of aromatic nitrogens is 2. The van der Waals surface area contributed by atoms with Crippen molar-refractivity contribution in [3.63, 3.8) is 0 Å². The predicted octanol–water partition coefficient (Wildman–Crippen LogP) is 2.67. The number of anilines is 1. The first-order chi connectivity index (χ1) is 8.16. The van der Waals surface area contributed by atoms with Crippen molar-refractivity contribution in [2.75, 3.05) is 11.9 Å². The van der Waals surface area contributed by atoms with Crippen LogP contribution in [0.1, 0.15) is 19.3 Å². The van der Waals surface area contributed by atoms with Gasteiger partial charge in [0.1, 0.15) is 10.6 Å². The summed E-state index contributed by atoms with van der Waals surface area (Å²) in [6, 6.07) is 1.96. The SMILES string of the molecule is OC1(CNc2nc(Cl)nc3sccc23)CCC1. The van der Waals surface area contributed by atoms with Crippen molar-refractivity contribution in [1.29, 1.82) is 0 Å². The largest absolute Gasteiger partial charge is 0.388 e. The van der Waals surface area contributed by atoms with E-state index >= 15 is 0 Å². The highest BCUT2D eigenvalue weighted by molar-refractivity contribution is 7.16. The standard InChI is InChI=1S/C11H12ClN3OS/c12-10-14-8(7-2-5-17-9(7)15-10)13-6-11(16)3-1-4-11/h2,5,16H,1,3-4,6H2,(H,13,14,15). The second-order valence-electron chi connectivity index (χ2n) is 4.41. The predicted molar refractivity (Wildman–Crippen MR) is 69.7 cm³/mol. The lowest BCUT2D eigenvalue weighted by molar-refractivity contribution is -0.0202. The van der Waals surface area contributed by atoms with Crippen molar-refractivity contribution in [3.05, 3.63) is 16.7 Å². The molecule has 0 unspecified atom stereocenters. The van der Waals surface area contributed by atoms with Gasteiger partial charge in [0.25, 0.3) is 0 Å². The van der Waals surface area contributed by atoms with Gasteiger partial charge in [0.05, 0.1) is 11.0 Å². The fourth-order valence-electron chi connectivity index (χ4n) is 1.97. The molecule has 0 radical (unpaired) electrons. The van der Waals surface area contributed by atoms with Crippen molar-refractivity contribution in [1.82, 2.24) is 9.97 Å². The van der Waals surface area contributed by atoms with E-state index in [2.05, 4.69) is 15.3 Å². The minimum atomic E-state index is -0.570. The molecule has 0 atom stereocenters. The normalized spacial score (nSPS) is 18.0. The van der Waals surface area contributed by atoms with E-state index < -0.39 is 5.60 Å². The van der Waals surface area contributed by atoms with Gasteiger partial charge in [-0.2, -0.15) is 0 Å². The first-order valence-corrected chi connectivity index (χ1v) is 6.79. The van der Waals surface area contributed by atoms with Crippen LogP contribution in [0.2, 0.25) is 5.28 Å². The Kier molecular flexibility index (Phi) is 2.69. The van der Waals surface area contributed by atoms with Gasteiger partial charge >= 0.3 is 0 Å². The molecule has 3 rings (SSSR count). The summed E-state index contributed by atoms with van der Waals surface area (Å²) in [5.41, 5.74) is -0.570. The highest BCUT2D eigenvalue weighted by Crippen LogP contribution is 2.33. The molecular formula is C11H12ClN3OS. The number of thiophene rings is 1. The first kappa shape index (κ1) is 11.2. The Morgan fingerprint density at radius 3 is 3.00 bits per heavy atom. The lowest BCUT2D eigenvalue weighted by atomic mass is 9.80. The van der Waals surface area contributed by atoms with Gasteiger partial charge in [-0.3, -0.25) is 0 Å². The summed E-state index contributed by atoms with van der Waals surface area (Å²) < 4.78 is 0. The van der Waals surface area contributed by atoms with Crippen molar-refractivity contribution >= 4 is 39.0 Å². The third kappa shape index (κ3) is 2.10. The lowest BCUT2D eigenvalue weighted by Gasteiger charge is -2.36. The van der Waals surface area contributed by atoms with E-state index in [9.17, 15) is 5.11 Å². The molecule has 0 spiro atoms. The summed E-state index contributed by atoms with van der Waals surface area (Å²) in [6.07, 6.45) is 2.80. The molecule has 4 nitrogen and oxygen atoms in total. The quantitative estimate of drug-likeness (QED) is 0.841. The summed E-state index contributed by atoms with van der Waals surface area (Å²) >= 11 is 7.39. The van der Waals surface area contributed by atoms with Crippen LogP contribution in [-0.2, 0) is 0 Å². The number of aliphatic hydroxyl groups is 1. The Morgan fingerprint density at radius 1 is 1.47 bits per heavy atom. The Hall–Kier alpha value is -0.910. The molecule has 17 heavy (non-hydrogen) atoms. The van der Waals surface area contributed by atoms with Crippen LogP contribution in [0.25, 0.3) is 10.2 Å². The van der Waals surface area contributed by atoms with E-state index in [1.54, 1.807) is 0 Å². The van der Waals surface area contributed by atoms with Crippen LogP contribution in [-0.4, -0.2) is 27.2 Å². The molecule has 90 valence electrons. The highest BCUT2D eigenvalue weighted by Gasteiger charge is 2.34. The van der Waals surface area contributed by atoms with Crippen molar-refractivity contribution in [2.45, 2.75) is 24.9 Å². The molecule has 0 amide bonds. The van der Waals surface area contributed by atoms with Gasteiger partial charge in [-0.1, -0.05) is 0 Å². The van der Waals surface area contributed by atoms with Crippen LogP contribution in [0.4, 0.5) is 5.82 Å². The van der Waals surface area contributed by atoms with Crippen molar-refractivity contribution in [2.24, 2.45) is 0 Å². The minimum absolute atomic E-state index is 0.239. The zero-order chi connectivity index (χ0) is 11.9. The number of rotatable bonds is 3. The second kappa shape index (κ2) is 4.08. The number of nitrogens with one attached hydrogen (secondary N) is 1. The summed E-state index contributed by atoms with van der Waals surface area (Å²) in [4.78, 5) is 9.19. The zero-order valence-corrected chi connectivity index (χ0v) is 10.7. The smallest absolute Gasteiger partial charge is 0.225 e. The van der Waals surface area contributed by atoms with Gasteiger partial charge < -0.3 is 10.4 Å². The molecule has 2 N–H and O–H groups in total. The van der Waals surface area contributed by atoms with Gasteiger partial charge in [0.15, 0.2) is 0 Å². The molecule has 2 aromatic rings. The van der Waals surface area contributed by atoms with Gasteiger partial charge in [-0.15, -0.1) is 11.3 Å². The molecule has 1 aliphatic rings.